The number of aliphatic imine (C=N–C) groups is 1. The summed E-state index contributed by atoms with van der Waals surface area (Å²) in [6, 6.07) is 0. The molecule has 0 radical (unpaired) electrons. The normalized spacial score (nSPS) is 20.0. The van der Waals surface area contributed by atoms with Crippen molar-refractivity contribution in [2.45, 2.75) is 0 Å². The van der Waals surface area contributed by atoms with Crippen molar-refractivity contribution in [3.63, 3.8) is 0 Å². The van der Waals surface area contributed by atoms with Gasteiger partial charge in [-0.05, 0) is 0 Å². The number of aliphatic carboxylic acids is 1. The van der Waals surface area contributed by atoms with Crippen LogP contribution in [0.3, 0.4) is 0 Å². The van der Waals surface area contributed by atoms with Gasteiger partial charge >= 0.3 is 5.97 Å². The molecule has 7 heteroatoms. The highest BCUT2D eigenvalue weighted by molar-refractivity contribution is 7.84. The summed E-state index contributed by atoms with van der Waals surface area (Å²) in [7, 11) is 1.78. The summed E-state index contributed by atoms with van der Waals surface area (Å²) in [5, 5.41) is 12.5. The van der Waals surface area contributed by atoms with E-state index in [1.165, 1.54) is 6.08 Å². The second kappa shape index (κ2) is 3.03. The minimum absolute atomic E-state index is 0.0189. The van der Waals surface area contributed by atoms with Gasteiger partial charge in [-0.25, -0.2) is 14.8 Å². The lowest BCUT2D eigenvalue weighted by molar-refractivity contribution is -0.129. The summed E-state index contributed by atoms with van der Waals surface area (Å²) < 4.78 is 0. The quantitative estimate of drug-likeness (QED) is 0.523. The van der Waals surface area contributed by atoms with Crippen LogP contribution < -0.4 is 5.53 Å². The van der Waals surface area contributed by atoms with E-state index in [9.17, 15) is 4.79 Å². The summed E-state index contributed by atoms with van der Waals surface area (Å²) in [6.07, 6.45) is 3.06. The van der Waals surface area contributed by atoms with E-state index in [1.807, 2.05) is 0 Å². The topological polar surface area (TPSA) is 68.2 Å². The Kier molecular flexibility index (Phi) is 1.97. The molecule has 0 unspecified atom stereocenters. The molecule has 14 heavy (non-hydrogen) atoms. The molecule has 0 aromatic rings. The van der Waals surface area contributed by atoms with E-state index >= 15 is 0 Å². The highest BCUT2D eigenvalue weighted by Crippen LogP contribution is 2.23. The third-order valence-corrected chi connectivity index (χ3v) is 2.07. The van der Waals surface area contributed by atoms with Crippen molar-refractivity contribution in [3.05, 3.63) is 23.1 Å². The van der Waals surface area contributed by atoms with Gasteiger partial charge in [-0.2, -0.15) is 0 Å². The second-order valence-electron chi connectivity index (χ2n) is 2.84. The molecule has 0 spiro atoms. The van der Waals surface area contributed by atoms with Crippen molar-refractivity contribution in [1.82, 2.24) is 15.6 Å². The summed E-state index contributed by atoms with van der Waals surface area (Å²) in [6.45, 7) is 0. The van der Waals surface area contributed by atoms with Crippen LogP contribution in [0.15, 0.2) is 28.1 Å². The molecule has 0 saturated carbocycles. The lowest BCUT2D eigenvalue weighted by Crippen LogP contribution is -2.38. The van der Waals surface area contributed by atoms with Gasteiger partial charge in [-0.3, -0.25) is 5.01 Å². The van der Waals surface area contributed by atoms with Gasteiger partial charge < -0.3 is 5.11 Å². The Balaban J connectivity index is 2.39. The van der Waals surface area contributed by atoms with E-state index in [0.29, 0.717) is 10.9 Å². The standard InChI is InChI=1S/C7H8N4O2S/c1-10-3-5-8-4(7(12)13)2-6(14)11(5)9-10/h2-3,9,14H,1H3,(H,12,13). The molecule has 2 N–H and O–H groups in total. The molecule has 0 atom stereocenters. The fourth-order valence-electron chi connectivity index (χ4n) is 1.17. The molecular formula is C7H8N4O2S. The molecule has 0 bridgehead atoms. The largest absolute Gasteiger partial charge is 0.477 e. The number of carboxylic acids is 1. The lowest BCUT2D eigenvalue weighted by atomic mass is 10.3. The minimum atomic E-state index is -1.06. The Bertz CT molecular complexity index is 387. The number of hydrazine groups is 2. The summed E-state index contributed by atoms with van der Waals surface area (Å²) in [4.78, 5) is 14.6. The number of nitrogens with one attached hydrogen (secondary N) is 1. The predicted molar refractivity (Wildman–Crippen MR) is 53.0 cm³/mol. The number of fused-ring (bicyclic) bond motifs is 1. The third kappa shape index (κ3) is 1.36. The summed E-state index contributed by atoms with van der Waals surface area (Å²) >= 11 is 4.14. The van der Waals surface area contributed by atoms with Crippen LogP contribution in [0, 0.1) is 0 Å². The van der Waals surface area contributed by atoms with Crippen LogP contribution >= 0.6 is 12.6 Å². The third-order valence-electron chi connectivity index (χ3n) is 1.74. The van der Waals surface area contributed by atoms with Gasteiger partial charge in [0.2, 0.25) is 0 Å². The maximum absolute atomic E-state index is 10.7. The molecule has 0 aliphatic carbocycles. The first-order chi connectivity index (χ1) is 6.58. The van der Waals surface area contributed by atoms with E-state index in [-0.39, 0.29) is 5.71 Å². The van der Waals surface area contributed by atoms with Gasteiger partial charge in [0.1, 0.15) is 0 Å². The van der Waals surface area contributed by atoms with Gasteiger partial charge in [0.25, 0.3) is 0 Å². The Morgan fingerprint density at radius 2 is 2.43 bits per heavy atom. The summed E-state index contributed by atoms with van der Waals surface area (Å²) in [5.74, 6) is -0.552. The van der Waals surface area contributed by atoms with Gasteiger partial charge in [0.15, 0.2) is 11.5 Å². The SMILES string of the molecule is CN1C=C2N=C(C(=O)O)C=C(S)N2N1. The zero-order chi connectivity index (χ0) is 10.3. The molecule has 2 heterocycles. The Morgan fingerprint density at radius 1 is 1.71 bits per heavy atom. The molecule has 0 amide bonds. The van der Waals surface area contributed by atoms with Crippen molar-refractivity contribution < 1.29 is 9.90 Å². The van der Waals surface area contributed by atoms with Crippen LogP contribution in [-0.4, -0.2) is 33.9 Å². The summed E-state index contributed by atoms with van der Waals surface area (Å²) in [5.41, 5.74) is 2.88. The number of rotatable bonds is 1. The van der Waals surface area contributed by atoms with Crippen LogP contribution in [0.5, 0.6) is 0 Å². The smallest absolute Gasteiger partial charge is 0.354 e. The average molecular weight is 212 g/mol. The van der Waals surface area contributed by atoms with Gasteiger partial charge in [0, 0.05) is 13.1 Å². The van der Waals surface area contributed by atoms with Crippen LogP contribution in [0.2, 0.25) is 0 Å². The minimum Gasteiger partial charge on any atom is -0.477 e. The second-order valence-corrected chi connectivity index (χ2v) is 3.30. The van der Waals surface area contributed by atoms with Crippen LogP contribution in [-0.2, 0) is 4.79 Å². The average Bonchev–Trinajstić information content (AvgIpc) is 2.45. The fraction of sp³-hybridized carbons (Fsp3) is 0.143. The molecule has 0 aromatic carbocycles. The molecule has 2 aliphatic rings. The molecule has 0 saturated heterocycles. The first-order valence-corrected chi connectivity index (χ1v) is 4.26. The highest BCUT2D eigenvalue weighted by atomic mass is 32.1. The van der Waals surface area contributed by atoms with E-state index in [4.69, 9.17) is 5.11 Å². The van der Waals surface area contributed by atoms with Gasteiger partial charge in [-0.15, -0.1) is 18.2 Å². The number of carboxylic acid groups (broad SMARTS) is 1. The van der Waals surface area contributed by atoms with E-state index < -0.39 is 5.97 Å². The maximum atomic E-state index is 10.7. The molecular weight excluding hydrogens is 204 g/mol. The van der Waals surface area contributed by atoms with E-state index in [2.05, 4.69) is 23.2 Å². The van der Waals surface area contributed by atoms with Gasteiger partial charge in [-0.1, -0.05) is 0 Å². The van der Waals surface area contributed by atoms with Crippen LogP contribution in [0.1, 0.15) is 0 Å². The number of hydrogen-bond donors (Lipinski definition) is 3. The zero-order valence-electron chi connectivity index (χ0n) is 7.30. The predicted octanol–water partition coefficient (Wildman–Crippen LogP) is -0.237. The molecule has 0 fully saturated rings. The van der Waals surface area contributed by atoms with Crippen molar-refractivity contribution in [2.24, 2.45) is 4.99 Å². The maximum Gasteiger partial charge on any atom is 0.354 e. The number of carbonyl (C=O) groups is 1. The molecule has 74 valence electrons. The van der Waals surface area contributed by atoms with Crippen molar-refractivity contribution >= 4 is 24.3 Å². The first kappa shape index (κ1) is 9.10. The Morgan fingerprint density at radius 3 is 3.07 bits per heavy atom. The lowest BCUT2D eigenvalue weighted by Gasteiger charge is -2.23. The van der Waals surface area contributed by atoms with Crippen molar-refractivity contribution in [1.29, 1.82) is 0 Å². The molecule has 2 rings (SSSR count). The van der Waals surface area contributed by atoms with Crippen LogP contribution in [0.25, 0.3) is 0 Å². The number of nitrogens with zero attached hydrogens (tertiary/aromatic N) is 3. The Hall–Kier alpha value is -1.47. The van der Waals surface area contributed by atoms with Crippen molar-refractivity contribution in [2.75, 3.05) is 7.05 Å². The Labute approximate surface area is 85.6 Å². The first-order valence-electron chi connectivity index (χ1n) is 3.81. The molecule has 6 nitrogen and oxygen atoms in total. The van der Waals surface area contributed by atoms with E-state index in [1.54, 1.807) is 23.3 Å². The van der Waals surface area contributed by atoms with Crippen LogP contribution in [0.4, 0.5) is 0 Å². The molecule has 0 aromatic heterocycles. The van der Waals surface area contributed by atoms with E-state index in [0.717, 1.165) is 0 Å². The zero-order valence-corrected chi connectivity index (χ0v) is 8.19. The van der Waals surface area contributed by atoms with Gasteiger partial charge in [0.05, 0.1) is 11.2 Å². The number of thiol groups is 1. The number of hydrogen-bond acceptors (Lipinski definition) is 6. The van der Waals surface area contributed by atoms with Crippen molar-refractivity contribution in [3.8, 4) is 0 Å². The molecule has 2 aliphatic heterocycles. The monoisotopic (exact) mass is 212 g/mol. The highest BCUT2D eigenvalue weighted by Gasteiger charge is 2.26. The fourth-order valence-corrected chi connectivity index (χ4v) is 1.44.